The summed E-state index contributed by atoms with van der Waals surface area (Å²) < 4.78 is 5.04. The van der Waals surface area contributed by atoms with Crippen LogP contribution in [-0.2, 0) is 10.6 Å². The van der Waals surface area contributed by atoms with Crippen molar-refractivity contribution in [2.24, 2.45) is 0 Å². The first kappa shape index (κ1) is 15.0. The van der Waals surface area contributed by atoms with Crippen LogP contribution >= 0.6 is 11.6 Å². The lowest BCUT2D eigenvalue weighted by atomic mass is 10.1. The maximum Gasteiger partial charge on any atom is 0.254 e. The minimum Gasteiger partial charge on any atom is -0.383 e. The lowest BCUT2D eigenvalue weighted by molar-refractivity contribution is 0.0635. The van der Waals surface area contributed by atoms with E-state index in [1.807, 2.05) is 38.1 Å². The molecule has 0 aliphatic rings. The second-order valence-electron chi connectivity index (χ2n) is 4.42. The summed E-state index contributed by atoms with van der Waals surface area (Å²) in [5.74, 6) is 0.440. The van der Waals surface area contributed by atoms with Crippen molar-refractivity contribution in [3.05, 3.63) is 35.4 Å². The third kappa shape index (κ3) is 4.00. The molecule has 1 amide bonds. The van der Waals surface area contributed by atoms with Gasteiger partial charge in [-0.2, -0.15) is 0 Å². The van der Waals surface area contributed by atoms with Gasteiger partial charge in [0, 0.05) is 31.1 Å². The van der Waals surface area contributed by atoms with E-state index in [4.69, 9.17) is 16.3 Å². The van der Waals surface area contributed by atoms with Crippen molar-refractivity contribution in [3.8, 4) is 0 Å². The van der Waals surface area contributed by atoms with E-state index >= 15 is 0 Å². The summed E-state index contributed by atoms with van der Waals surface area (Å²) in [6.07, 6.45) is 0. The van der Waals surface area contributed by atoms with E-state index in [1.165, 1.54) is 0 Å². The monoisotopic (exact) mass is 269 g/mol. The first-order chi connectivity index (χ1) is 8.60. The molecule has 18 heavy (non-hydrogen) atoms. The van der Waals surface area contributed by atoms with Gasteiger partial charge in [0.05, 0.1) is 6.61 Å². The topological polar surface area (TPSA) is 29.5 Å². The molecule has 1 aromatic carbocycles. The number of benzene rings is 1. The predicted octanol–water partition coefficient (Wildman–Crippen LogP) is 2.92. The second-order valence-corrected chi connectivity index (χ2v) is 4.69. The Labute approximate surface area is 114 Å². The molecule has 0 saturated carbocycles. The number of carbonyl (C=O) groups excluding carboxylic acids is 1. The molecule has 0 atom stereocenters. The Morgan fingerprint density at radius 3 is 2.72 bits per heavy atom. The fraction of sp³-hybridized carbons (Fsp3) is 0.500. The van der Waals surface area contributed by atoms with E-state index in [2.05, 4.69) is 0 Å². The highest BCUT2D eigenvalue weighted by Gasteiger charge is 2.18. The average Bonchev–Trinajstić information content (AvgIpc) is 2.38. The summed E-state index contributed by atoms with van der Waals surface area (Å²) in [5.41, 5.74) is 1.64. The lowest BCUT2D eigenvalue weighted by Gasteiger charge is -2.26. The summed E-state index contributed by atoms with van der Waals surface area (Å²) in [4.78, 5) is 14.2. The molecule has 0 bridgehead atoms. The minimum absolute atomic E-state index is 0.0222. The summed E-state index contributed by atoms with van der Waals surface area (Å²) in [6.45, 7) is 5.13. The van der Waals surface area contributed by atoms with Crippen LogP contribution in [0.3, 0.4) is 0 Å². The molecule has 0 saturated heterocycles. The number of nitrogens with zero attached hydrogens (tertiary/aromatic N) is 1. The Balaban J connectivity index is 2.87. The van der Waals surface area contributed by atoms with Gasteiger partial charge in [-0.15, -0.1) is 11.6 Å². The smallest absolute Gasteiger partial charge is 0.254 e. The number of hydrogen-bond donors (Lipinski definition) is 0. The van der Waals surface area contributed by atoms with Gasteiger partial charge in [-0.05, 0) is 31.5 Å². The van der Waals surface area contributed by atoms with Crippen LogP contribution in [0, 0.1) is 0 Å². The van der Waals surface area contributed by atoms with E-state index in [0.717, 1.165) is 5.56 Å². The molecule has 1 rings (SSSR count). The molecule has 0 aliphatic heterocycles. The van der Waals surface area contributed by atoms with E-state index in [1.54, 1.807) is 12.0 Å². The number of methoxy groups -OCH3 is 1. The molecule has 0 radical (unpaired) electrons. The van der Waals surface area contributed by atoms with Crippen LogP contribution in [0.25, 0.3) is 0 Å². The standard InChI is InChI=1S/C14H20ClNO2/c1-11(2)16(7-8-18-3)14(17)13-6-4-5-12(9-13)10-15/h4-6,9,11H,7-8,10H2,1-3H3. The Kier molecular flexibility index (Phi) is 6.16. The molecule has 0 heterocycles. The highest BCUT2D eigenvalue weighted by atomic mass is 35.5. The average molecular weight is 270 g/mol. The van der Waals surface area contributed by atoms with Gasteiger partial charge in [-0.3, -0.25) is 4.79 Å². The van der Waals surface area contributed by atoms with Gasteiger partial charge in [-0.25, -0.2) is 0 Å². The van der Waals surface area contributed by atoms with Crippen LogP contribution in [-0.4, -0.2) is 37.1 Å². The van der Waals surface area contributed by atoms with Crippen LogP contribution in [0.1, 0.15) is 29.8 Å². The van der Waals surface area contributed by atoms with Crippen LogP contribution in [0.2, 0.25) is 0 Å². The fourth-order valence-electron chi connectivity index (χ4n) is 1.74. The SMILES string of the molecule is COCCN(C(=O)c1cccc(CCl)c1)C(C)C. The molecule has 100 valence electrons. The maximum atomic E-state index is 12.4. The Morgan fingerprint density at radius 2 is 2.17 bits per heavy atom. The van der Waals surface area contributed by atoms with Gasteiger partial charge in [0.15, 0.2) is 0 Å². The molecular formula is C14H20ClNO2. The van der Waals surface area contributed by atoms with Gasteiger partial charge in [0.1, 0.15) is 0 Å². The molecular weight excluding hydrogens is 250 g/mol. The highest BCUT2D eigenvalue weighted by Crippen LogP contribution is 2.12. The number of alkyl halides is 1. The predicted molar refractivity (Wildman–Crippen MR) is 74.0 cm³/mol. The normalized spacial score (nSPS) is 10.7. The van der Waals surface area contributed by atoms with Gasteiger partial charge < -0.3 is 9.64 Å². The number of ether oxygens (including phenoxy) is 1. The molecule has 0 N–H and O–H groups in total. The van der Waals surface area contributed by atoms with Crippen molar-refractivity contribution in [1.82, 2.24) is 4.90 Å². The maximum absolute atomic E-state index is 12.4. The lowest BCUT2D eigenvalue weighted by Crippen LogP contribution is -2.39. The molecule has 0 aliphatic carbocycles. The number of halogens is 1. The molecule has 0 aromatic heterocycles. The summed E-state index contributed by atoms with van der Waals surface area (Å²) >= 11 is 5.78. The van der Waals surface area contributed by atoms with Gasteiger partial charge >= 0.3 is 0 Å². The minimum atomic E-state index is 0.0222. The van der Waals surface area contributed by atoms with Crippen LogP contribution in [0.5, 0.6) is 0 Å². The van der Waals surface area contributed by atoms with Gasteiger partial charge in [-0.1, -0.05) is 12.1 Å². The zero-order valence-electron chi connectivity index (χ0n) is 11.1. The van der Waals surface area contributed by atoms with Crippen molar-refractivity contribution in [2.75, 3.05) is 20.3 Å². The molecule has 0 spiro atoms. The molecule has 1 aromatic rings. The second kappa shape index (κ2) is 7.39. The van der Waals surface area contributed by atoms with Gasteiger partial charge in [0.2, 0.25) is 0 Å². The van der Waals surface area contributed by atoms with E-state index in [9.17, 15) is 4.79 Å². The first-order valence-electron chi connectivity index (χ1n) is 6.05. The molecule has 0 unspecified atom stereocenters. The van der Waals surface area contributed by atoms with Crippen molar-refractivity contribution < 1.29 is 9.53 Å². The summed E-state index contributed by atoms with van der Waals surface area (Å²) in [7, 11) is 1.64. The number of rotatable bonds is 6. The first-order valence-corrected chi connectivity index (χ1v) is 6.58. The molecule has 4 heteroatoms. The van der Waals surface area contributed by atoms with Crippen molar-refractivity contribution in [1.29, 1.82) is 0 Å². The van der Waals surface area contributed by atoms with Crippen molar-refractivity contribution in [3.63, 3.8) is 0 Å². The number of hydrogen-bond acceptors (Lipinski definition) is 2. The van der Waals surface area contributed by atoms with Crippen LogP contribution < -0.4 is 0 Å². The Morgan fingerprint density at radius 1 is 1.44 bits per heavy atom. The van der Waals surface area contributed by atoms with Crippen LogP contribution in [0.4, 0.5) is 0 Å². The van der Waals surface area contributed by atoms with Crippen LogP contribution in [0.15, 0.2) is 24.3 Å². The number of amides is 1. The van der Waals surface area contributed by atoms with Crippen molar-refractivity contribution in [2.45, 2.75) is 25.8 Å². The number of carbonyl (C=O) groups is 1. The Bertz CT molecular complexity index is 393. The summed E-state index contributed by atoms with van der Waals surface area (Å²) in [5, 5.41) is 0. The molecule has 3 nitrogen and oxygen atoms in total. The summed E-state index contributed by atoms with van der Waals surface area (Å²) in [6, 6.07) is 7.59. The zero-order chi connectivity index (χ0) is 13.5. The quantitative estimate of drug-likeness (QED) is 0.743. The van der Waals surface area contributed by atoms with E-state index in [0.29, 0.717) is 24.6 Å². The third-order valence-corrected chi connectivity index (χ3v) is 3.06. The zero-order valence-corrected chi connectivity index (χ0v) is 11.9. The Hall–Kier alpha value is -1.06. The third-order valence-electron chi connectivity index (χ3n) is 2.75. The fourth-order valence-corrected chi connectivity index (χ4v) is 1.90. The van der Waals surface area contributed by atoms with Gasteiger partial charge in [0.25, 0.3) is 5.91 Å². The molecule has 0 fully saturated rings. The largest absolute Gasteiger partial charge is 0.383 e. The van der Waals surface area contributed by atoms with E-state index < -0.39 is 0 Å². The van der Waals surface area contributed by atoms with E-state index in [-0.39, 0.29) is 11.9 Å². The van der Waals surface area contributed by atoms with Crippen molar-refractivity contribution >= 4 is 17.5 Å². The highest BCUT2D eigenvalue weighted by molar-refractivity contribution is 6.17.